The van der Waals surface area contributed by atoms with Gasteiger partial charge in [-0.05, 0) is 30.5 Å². The average Bonchev–Trinajstić information content (AvgIpc) is 2.35. The lowest BCUT2D eigenvalue weighted by Crippen LogP contribution is -2.02. The highest BCUT2D eigenvalue weighted by atomic mass is 35.5. The molecule has 3 heteroatoms. The lowest BCUT2D eigenvalue weighted by Gasteiger charge is -2.13. The van der Waals surface area contributed by atoms with Crippen molar-refractivity contribution in [1.82, 2.24) is 0 Å². The van der Waals surface area contributed by atoms with E-state index in [0.29, 0.717) is 6.42 Å². The Labute approximate surface area is 110 Å². The second-order valence-electron chi connectivity index (χ2n) is 4.24. The molecule has 0 aliphatic carbocycles. The summed E-state index contributed by atoms with van der Waals surface area (Å²) in [5.74, 6) is -1.71. The Balaban J connectivity index is 2.25. The van der Waals surface area contributed by atoms with Crippen molar-refractivity contribution < 1.29 is 8.78 Å². The molecule has 0 radical (unpaired) electrons. The molecule has 0 saturated heterocycles. The third-order valence-corrected chi connectivity index (χ3v) is 3.37. The predicted octanol–water partition coefficient (Wildman–Crippen LogP) is 4.80. The minimum absolute atomic E-state index is 0.208. The van der Waals surface area contributed by atoms with Gasteiger partial charge in [0.25, 0.3) is 0 Å². The zero-order valence-corrected chi connectivity index (χ0v) is 10.7. The molecule has 0 saturated carbocycles. The Kier molecular flexibility index (Phi) is 3.97. The molecule has 2 aromatic carbocycles. The summed E-state index contributed by atoms with van der Waals surface area (Å²) in [6.07, 6.45) is 0.481. The van der Waals surface area contributed by atoms with E-state index in [0.717, 1.165) is 17.2 Å². The summed E-state index contributed by atoms with van der Waals surface area (Å²) in [6.45, 7) is 1.97. The molecule has 0 aromatic heterocycles. The van der Waals surface area contributed by atoms with Gasteiger partial charge in [0, 0.05) is 5.56 Å². The smallest absolute Gasteiger partial charge is 0.163 e. The summed E-state index contributed by atoms with van der Waals surface area (Å²) in [4.78, 5) is 0. The maximum atomic E-state index is 13.6. The van der Waals surface area contributed by atoms with Crippen LogP contribution < -0.4 is 0 Å². The molecule has 0 aliphatic rings. The van der Waals surface area contributed by atoms with Gasteiger partial charge in [0.05, 0.1) is 5.38 Å². The molecule has 0 heterocycles. The van der Waals surface area contributed by atoms with Gasteiger partial charge in [-0.15, -0.1) is 11.6 Å². The maximum Gasteiger partial charge on any atom is 0.163 e. The van der Waals surface area contributed by atoms with Crippen LogP contribution in [0, 0.1) is 18.6 Å². The van der Waals surface area contributed by atoms with Crippen molar-refractivity contribution in [2.24, 2.45) is 0 Å². The van der Waals surface area contributed by atoms with Gasteiger partial charge in [-0.2, -0.15) is 0 Å². The summed E-state index contributed by atoms with van der Waals surface area (Å²) >= 11 is 6.18. The highest BCUT2D eigenvalue weighted by molar-refractivity contribution is 6.20. The number of rotatable bonds is 3. The molecular weight excluding hydrogens is 254 g/mol. The monoisotopic (exact) mass is 266 g/mol. The molecule has 0 aliphatic heterocycles. The van der Waals surface area contributed by atoms with Crippen molar-refractivity contribution in [2.75, 3.05) is 0 Å². The summed E-state index contributed by atoms with van der Waals surface area (Å²) in [6, 6.07) is 11.9. The Morgan fingerprint density at radius 3 is 2.50 bits per heavy atom. The second-order valence-corrected chi connectivity index (χ2v) is 4.77. The summed E-state index contributed by atoms with van der Waals surface area (Å²) in [5, 5.41) is -0.568. The second kappa shape index (κ2) is 5.49. The van der Waals surface area contributed by atoms with E-state index in [9.17, 15) is 8.78 Å². The van der Waals surface area contributed by atoms with Crippen molar-refractivity contribution in [3.8, 4) is 0 Å². The zero-order chi connectivity index (χ0) is 13.1. The van der Waals surface area contributed by atoms with E-state index in [4.69, 9.17) is 11.6 Å². The maximum absolute atomic E-state index is 13.6. The zero-order valence-electron chi connectivity index (χ0n) is 9.96. The third-order valence-electron chi connectivity index (χ3n) is 2.98. The molecule has 0 nitrogen and oxygen atoms in total. The quantitative estimate of drug-likeness (QED) is 0.701. The molecule has 94 valence electrons. The predicted molar refractivity (Wildman–Crippen MR) is 69.8 cm³/mol. The summed E-state index contributed by atoms with van der Waals surface area (Å²) < 4.78 is 26.7. The Morgan fingerprint density at radius 1 is 1.06 bits per heavy atom. The topological polar surface area (TPSA) is 0 Å². The molecule has 0 amide bonds. The molecular formula is C15H13ClF2. The van der Waals surface area contributed by atoms with Crippen molar-refractivity contribution >= 4 is 11.6 Å². The first-order chi connectivity index (χ1) is 8.59. The summed E-state index contributed by atoms with van der Waals surface area (Å²) in [7, 11) is 0. The lowest BCUT2D eigenvalue weighted by molar-refractivity contribution is 0.497. The van der Waals surface area contributed by atoms with Crippen LogP contribution in [0.25, 0.3) is 0 Å². The first kappa shape index (κ1) is 13.0. The Morgan fingerprint density at radius 2 is 1.78 bits per heavy atom. The fourth-order valence-electron chi connectivity index (χ4n) is 1.90. The number of alkyl halides is 1. The van der Waals surface area contributed by atoms with Crippen LogP contribution >= 0.6 is 11.6 Å². The lowest BCUT2D eigenvalue weighted by atomic mass is 10.00. The van der Waals surface area contributed by atoms with Crippen molar-refractivity contribution in [3.05, 3.63) is 70.8 Å². The van der Waals surface area contributed by atoms with Gasteiger partial charge in [0.2, 0.25) is 0 Å². The van der Waals surface area contributed by atoms with E-state index in [-0.39, 0.29) is 5.56 Å². The van der Waals surface area contributed by atoms with Crippen LogP contribution in [0.5, 0.6) is 0 Å². The first-order valence-electron chi connectivity index (χ1n) is 5.72. The van der Waals surface area contributed by atoms with E-state index in [1.165, 1.54) is 12.1 Å². The molecule has 18 heavy (non-hydrogen) atoms. The highest BCUT2D eigenvalue weighted by Gasteiger charge is 2.16. The number of benzene rings is 2. The Bertz CT molecular complexity index is 552. The third kappa shape index (κ3) is 2.70. The standard InChI is InChI=1S/C15H13ClF2/c1-10-5-2-3-6-11(10)9-13(16)12-7-4-8-14(17)15(12)18/h2-8,13H,9H2,1H3. The highest BCUT2D eigenvalue weighted by Crippen LogP contribution is 2.29. The van der Waals surface area contributed by atoms with E-state index in [1.54, 1.807) is 0 Å². The van der Waals surface area contributed by atoms with E-state index < -0.39 is 17.0 Å². The molecule has 2 aromatic rings. The Hall–Kier alpha value is -1.41. The number of halogens is 3. The molecule has 0 fully saturated rings. The van der Waals surface area contributed by atoms with Gasteiger partial charge in [0.1, 0.15) is 0 Å². The minimum atomic E-state index is -0.858. The van der Waals surface area contributed by atoms with Gasteiger partial charge in [-0.25, -0.2) is 8.78 Å². The van der Waals surface area contributed by atoms with Crippen LogP contribution in [0.3, 0.4) is 0 Å². The average molecular weight is 267 g/mol. The largest absolute Gasteiger partial charge is 0.204 e. The van der Waals surface area contributed by atoms with E-state index >= 15 is 0 Å². The van der Waals surface area contributed by atoms with Crippen LogP contribution in [0.15, 0.2) is 42.5 Å². The normalized spacial score (nSPS) is 12.4. The fraction of sp³-hybridized carbons (Fsp3) is 0.200. The molecule has 1 unspecified atom stereocenters. The van der Waals surface area contributed by atoms with Gasteiger partial charge < -0.3 is 0 Å². The fourth-order valence-corrected chi connectivity index (χ4v) is 2.24. The van der Waals surface area contributed by atoms with E-state index in [2.05, 4.69) is 0 Å². The van der Waals surface area contributed by atoms with Crippen molar-refractivity contribution in [2.45, 2.75) is 18.7 Å². The minimum Gasteiger partial charge on any atom is -0.204 e. The van der Waals surface area contributed by atoms with Crippen molar-refractivity contribution in [1.29, 1.82) is 0 Å². The van der Waals surface area contributed by atoms with Gasteiger partial charge in [-0.3, -0.25) is 0 Å². The molecule has 0 N–H and O–H groups in total. The van der Waals surface area contributed by atoms with Crippen LogP contribution in [0.1, 0.15) is 22.1 Å². The summed E-state index contributed by atoms with van der Waals surface area (Å²) in [5.41, 5.74) is 2.35. The van der Waals surface area contributed by atoms with Crippen LogP contribution in [-0.4, -0.2) is 0 Å². The molecule has 0 spiro atoms. The number of hydrogen-bond donors (Lipinski definition) is 0. The van der Waals surface area contributed by atoms with Crippen LogP contribution in [-0.2, 0) is 6.42 Å². The molecule has 2 rings (SSSR count). The number of aryl methyl sites for hydroxylation is 1. The number of hydrogen-bond acceptors (Lipinski definition) is 0. The van der Waals surface area contributed by atoms with E-state index in [1.807, 2.05) is 31.2 Å². The SMILES string of the molecule is Cc1ccccc1CC(Cl)c1cccc(F)c1F. The first-order valence-corrected chi connectivity index (χ1v) is 6.15. The van der Waals surface area contributed by atoms with Gasteiger partial charge in [0.15, 0.2) is 11.6 Å². The van der Waals surface area contributed by atoms with Crippen LogP contribution in [0.2, 0.25) is 0 Å². The van der Waals surface area contributed by atoms with Crippen LogP contribution in [0.4, 0.5) is 8.78 Å². The van der Waals surface area contributed by atoms with Gasteiger partial charge >= 0.3 is 0 Å². The van der Waals surface area contributed by atoms with Crippen molar-refractivity contribution in [3.63, 3.8) is 0 Å². The van der Waals surface area contributed by atoms with Gasteiger partial charge in [-0.1, -0.05) is 36.4 Å². The molecule has 1 atom stereocenters. The molecule has 0 bridgehead atoms.